The van der Waals surface area contributed by atoms with Crippen molar-refractivity contribution in [3.05, 3.63) is 76.1 Å². The molecule has 0 fully saturated rings. The predicted molar refractivity (Wildman–Crippen MR) is 118 cm³/mol. The number of hydrogen-bond acceptors (Lipinski definition) is 3. The number of rotatable bonds is 3. The summed E-state index contributed by atoms with van der Waals surface area (Å²) in [5, 5.41) is 2.03. The van der Waals surface area contributed by atoms with Gasteiger partial charge in [0.1, 0.15) is 17.9 Å². The van der Waals surface area contributed by atoms with Crippen molar-refractivity contribution in [1.82, 2.24) is 0 Å². The molecular weight excluding hydrogens is 374 g/mol. The van der Waals surface area contributed by atoms with Gasteiger partial charge in [0.25, 0.3) is 0 Å². The van der Waals surface area contributed by atoms with Crippen LogP contribution in [0.5, 0.6) is 0 Å². The van der Waals surface area contributed by atoms with Crippen molar-refractivity contribution in [2.75, 3.05) is 13.7 Å². The molecule has 0 unspecified atom stereocenters. The number of nitrogens with one attached hydrogen (secondary N) is 1. The number of fused-ring (bicyclic) bond motifs is 2. The van der Waals surface area contributed by atoms with Crippen LogP contribution in [0, 0.1) is 20.8 Å². The standard InChI is InChI=1S/C26H25NO3/c1-6-27-22-14-24-21(12-17(22)4)25(18-9-7-8-10-19(18)26(28)29-5)20-11-15(2)16(3)13-23(20)30-24/h7-14H,6H2,1-5H3/p+1. The Kier molecular flexibility index (Phi) is 5.17. The van der Waals surface area contributed by atoms with Gasteiger partial charge in [0.2, 0.25) is 5.36 Å². The third kappa shape index (κ3) is 3.28. The van der Waals surface area contributed by atoms with Gasteiger partial charge >= 0.3 is 5.97 Å². The molecule has 1 aliphatic carbocycles. The minimum atomic E-state index is -0.350. The molecule has 152 valence electrons. The Labute approximate surface area is 176 Å². The molecule has 1 N–H and O–H groups in total. The van der Waals surface area contributed by atoms with E-state index in [0.29, 0.717) is 5.56 Å². The highest BCUT2D eigenvalue weighted by atomic mass is 16.5. The van der Waals surface area contributed by atoms with Crippen LogP contribution in [0.1, 0.15) is 34.0 Å². The number of aryl methyl sites for hydroxylation is 3. The van der Waals surface area contributed by atoms with Crippen molar-refractivity contribution in [3.8, 4) is 22.5 Å². The van der Waals surface area contributed by atoms with Gasteiger partial charge in [-0.1, -0.05) is 18.2 Å². The summed E-state index contributed by atoms with van der Waals surface area (Å²) in [7, 11) is 1.41. The second-order valence-electron chi connectivity index (χ2n) is 7.64. The van der Waals surface area contributed by atoms with Gasteiger partial charge in [0, 0.05) is 22.1 Å². The number of esters is 1. The zero-order chi connectivity index (χ0) is 21.4. The van der Waals surface area contributed by atoms with Gasteiger partial charge in [-0.25, -0.2) is 9.79 Å². The Morgan fingerprint density at radius 3 is 2.43 bits per heavy atom. The fourth-order valence-corrected chi connectivity index (χ4v) is 3.96. The number of ether oxygens (including phenoxy) is 1. The first-order valence-corrected chi connectivity index (χ1v) is 10.2. The van der Waals surface area contributed by atoms with E-state index in [1.807, 2.05) is 30.3 Å². The van der Waals surface area contributed by atoms with Crippen LogP contribution < -0.4 is 10.3 Å². The Bertz CT molecular complexity index is 1310. The summed E-state index contributed by atoms with van der Waals surface area (Å²) >= 11 is 0. The molecule has 2 aromatic rings. The predicted octanol–water partition coefficient (Wildman–Crippen LogP) is 3.92. The van der Waals surface area contributed by atoms with Crippen LogP contribution in [-0.2, 0) is 4.74 Å². The quantitative estimate of drug-likeness (QED) is 0.419. The topological polar surface area (TPSA) is 53.4 Å². The van der Waals surface area contributed by atoms with Crippen molar-refractivity contribution in [3.63, 3.8) is 0 Å². The zero-order valence-electron chi connectivity index (χ0n) is 18.1. The number of hydrogen-bond donors (Lipinski definition) is 1. The van der Waals surface area contributed by atoms with Crippen LogP contribution in [0.15, 0.2) is 52.9 Å². The highest BCUT2D eigenvalue weighted by Crippen LogP contribution is 2.42. The molecule has 0 spiro atoms. The average molecular weight is 400 g/mol. The molecule has 2 aliphatic rings. The molecular formula is C26H26NO3+. The smallest absolute Gasteiger partial charge is 0.338 e. The Balaban J connectivity index is 2.22. The third-order valence-electron chi connectivity index (χ3n) is 5.65. The second-order valence-corrected chi connectivity index (χ2v) is 7.64. The summed E-state index contributed by atoms with van der Waals surface area (Å²) in [5.41, 5.74) is 7.61. The van der Waals surface area contributed by atoms with Crippen LogP contribution in [-0.4, -0.2) is 19.6 Å². The first kappa shape index (κ1) is 19.9. The molecule has 0 radical (unpaired) electrons. The molecule has 1 heterocycles. The van der Waals surface area contributed by atoms with Gasteiger partial charge < -0.3 is 9.15 Å². The molecule has 0 aromatic heterocycles. The second kappa shape index (κ2) is 7.79. The lowest BCUT2D eigenvalue weighted by Gasteiger charge is -2.18. The minimum Gasteiger partial charge on any atom is -0.465 e. The zero-order valence-corrected chi connectivity index (χ0v) is 18.1. The Hall–Kier alpha value is -3.40. The number of carbonyl (C=O) groups excluding carboxylic acids is 1. The molecule has 2 aromatic carbocycles. The lowest BCUT2D eigenvalue weighted by Crippen LogP contribution is -2.76. The highest BCUT2D eigenvalue weighted by molar-refractivity contribution is 6.08. The Morgan fingerprint density at radius 2 is 1.70 bits per heavy atom. The molecule has 0 atom stereocenters. The maximum Gasteiger partial charge on any atom is 0.338 e. The SMILES string of the molecule is CC[NH+]=c1cc2oc3cc(C)c(C)cc3c(-c3ccccc3C(=O)OC)c-2cc1C. The number of carbonyl (C=O) groups is 1. The van der Waals surface area contributed by atoms with Crippen molar-refractivity contribution in [1.29, 1.82) is 0 Å². The largest absolute Gasteiger partial charge is 0.465 e. The number of benzene rings is 3. The fourth-order valence-electron chi connectivity index (χ4n) is 3.96. The van der Waals surface area contributed by atoms with Crippen LogP contribution >= 0.6 is 0 Å². The molecule has 4 nitrogen and oxygen atoms in total. The van der Waals surface area contributed by atoms with E-state index in [1.54, 1.807) is 0 Å². The van der Waals surface area contributed by atoms with E-state index in [1.165, 1.54) is 12.7 Å². The number of methoxy groups -OCH3 is 1. The summed E-state index contributed by atoms with van der Waals surface area (Å²) in [6.45, 7) is 9.16. The fraction of sp³-hybridized carbons (Fsp3) is 0.231. The monoisotopic (exact) mass is 400 g/mol. The maximum absolute atomic E-state index is 12.6. The van der Waals surface area contributed by atoms with Crippen LogP contribution in [0.2, 0.25) is 0 Å². The highest BCUT2D eigenvalue weighted by Gasteiger charge is 2.23. The molecule has 30 heavy (non-hydrogen) atoms. The van der Waals surface area contributed by atoms with Crippen LogP contribution in [0.4, 0.5) is 0 Å². The summed E-state index contributed by atoms with van der Waals surface area (Å²) in [5.74, 6) is 0.430. The van der Waals surface area contributed by atoms with E-state index in [-0.39, 0.29) is 5.97 Å². The van der Waals surface area contributed by atoms with E-state index in [4.69, 9.17) is 9.15 Å². The summed E-state index contributed by atoms with van der Waals surface area (Å²) < 4.78 is 11.4. The van der Waals surface area contributed by atoms with Gasteiger partial charge in [0.05, 0.1) is 18.7 Å². The Morgan fingerprint density at radius 1 is 0.967 bits per heavy atom. The summed E-state index contributed by atoms with van der Waals surface area (Å²) in [6.07, 6.45) is 0. The van der Waals surface area contributed by atoms with Gasteiger partial charge in [-0.05, 0) is 68.7 Å². The van der Waals surface area contributed by atoms with Crippen molar-refractivity contribution in [2.24, 2.45) is 0 Å². The van der Waals surface area contributed by atoms with E-state index in [2.05, 4.69) is 50.9 Å². The van der Waals surface area contributed by atoms with Gasteiger partial charge in [0.15, 0.2) is 0 Å². The molecule has 4 rings (SSSR count). The lowest BCUT2D eigenvalue weighted by molar-refractivity contribution is -0.496. The first-order chi connectivity index (χ1) is 14.4. The van der Waals surface area contributed by atoms with Crippen LogP contribution in [0.3, 0.4) is 0 Å². The molecule has 0 saturated heterocycles. The van der Waals surface area contributed by atoms with E-state index in [0.717, 1.165) is 56.4 Å². The maximum atomic E-state index is 12.6. The van der Waals surface area contributed by atoms with Crippen molar-refractivity contribution in [2.45, 2.75) is 27.7 Å². The van der Waals surface area contributed by atoms with Gasteiger partial charge in [-0.2, -0.15) is 0 Å². The van der Waals surface area contributed by atoms with Gasteiger partial charge in [-0.3, -0.25) is 0 Å². The molecule has 0 bridgehead atoms. The molecule has 0 saturated carbocycles. The average Bonchev–Trinajstić information content (AvgIpc) is 2.74. The van der Waals surface area contributed by atoms with E-state index < -0.39 is 0 Å². The molecule has 1 aliphatic heterocycles. The summed E-state index contributed by atoms with van der Waals surface area (Å²) in [6, 6.07) is 16.0. The summed E-state index contributed by atoms with van der Waals surface area (Å²) in [4.78, 5) is 16.0. The lowest BCUT2D eigenvalue weighted by atomic mass is 9.89. The van der Waals surface area contributed by atoms with Gasteiger partial charge in [-0.15, -0.1) is 0 Å². The van der Waals surface area contributed by atoms with Crippen molar-refractivity contribution < 1.29 is 18.9 Å². The minimum absolute atomic E-state index is 0.350. The van der Waals surface area contributed by atoms with E-state index in [9.17, 15) is 4.79 Å². The van der Waals surface area contributed by atoms with Crippen molar-refractivity contribution >= 4 is 16.9 Å². The molecule has 0 amide bonds. The molecule has 4 heteroatoms. The first-order valence-electron chi connectivity index (χ1n) is 10.2. The van der Waals surface area contributed by atoms with E-state index >= 15 is 0 Å². The van der Waals surface area contributed by atoms with Crippen LogP contribution in [0.25, 0.3) is 33.4 Å². The third-order valence-corrected chi connectivity index (χ3v) is 5.65. The normalized spacial score (nSPS) is 12.0.